The summed E-state index contributed by atoms with van der Waals surface area (Å²) in [5.41, 5.74) is 4.24. The van der Waals surface area contributed by atoms with Gasteiger partial charge in [-0.25, -0.2) is 0 Å². The minimum Gasteiger partial charge on any atom is -0.0805 e. The van der Waals surface area contributed by atoms with E-state index in [1.165, 1.54) is 16.7 Å². The lowest BCUT2D eigenvalue weighted by molar-refractivity contribution is 0.760. The van der Waals surface area contributed by atoms with Gasteiger partial charge in [-0.3, -0.25) is 0 Å². The summed E-state index contributed by atoms with van der Waals surface area (Å²) in [4.78, 5) is 0. The molecular formula is C17H20. The monoisotopic (exact) mass is 224 g/mol. The van der Waals surface area contributed by atoms with E-state index in [9.17, 15) is 0 Å². The second-order valence-corrected chi connectivity index (χ2v) is 4.82. The van der Waals surface area contributed by atoms with Crippen LogP contribution in [-0.2, 0) is 0 Å². The van der Waals surface area contributed by atoms with Crippen LogP contribution in [0.4, 0.5) is 0 Å². The van der Waals surface area contributed by atoms with Crippen LogP contribution in [-0.4, -0.2) is 0 Å². The molecule has 17 heavy (non-hydrogen) atoms. The Morgan fingerprint density at radius 1 is 1.18 bits per heavy atom. The van der Waals surface area contributed by atoms with Gasteiger partial charge in [-0.05, 0) is 31.2 Å². The van der Waals surface area contributed by atoms with Crippen molar-refractivity contribution in [3.05, 3.63) is 71.3 Å². The van der Waals surface area contributed by atoms with Crippen LogP contribution in [0.5, 0.6) is 0 Å². The minimum absolute atomic E-state index is 0.588. The predicted octanol–water partition coefficient (Wildman–Crippen LogP) is 5.01. The van der Waals surface area contributed by atoms with Crippen molar-refractivity contribution in [3.8, 4) is 0 Å². The van der Waals surface area contributed by atoms with E-state index >= 15 is 0 Å². The molecule has 1 aromatic rings. The lowest BCUT2D eigenvalue weighted by Gasteiger charge is -2.12. The Balaban J connectivity index is 2.07. The van der Waals surface area contributed by atoms with Gasteiger partial charge in [0.05, 0.1) is 0 Å². The van der Waals surface area contributed by atoms with Crippen molar-refractivity contribution in [3.63, 3.8) is 0 Å². The van der Waals surface area contributed by atoms with Gasteiger partial charge >= 0.3 is 0 Å². The average molecular weight is 224 g/mol. The normalized spacial score (nSPS) is 17.1. The molecule has 0 saturated carbocycles. The number of rotatable bonds is 3. The van der Waals surface area contributed by atoms with Gasteiger partial charge in [-0.15, -0.1) is 0 Å². The molecule has 0 heterocycles. The Morgan fingerprint density at radius 3 is 2.71 bits per heavy atom. The molecule has 1 aliphatic carbocycles. The van der Waals surface area contributed by atoms with Crippen molar-refractivity contribution in [1.29, 1.82) is 0 Å². The molecule has 0 aromatic heterocycles. The third-order valence-corrected chi connectivity index (χ3v) is 3.22. The highest BCUT2D eigenvalue weighted by Crippen LogP contribution is 2.25. The van der Waals surface area contributed by atoms with Crippen molar-refractivity contribution in [2.75, 3.05) is 0 Å². The topological polar surface area (TPSA) is 0 Å². The Labute approximate surface area is 104 Å². The van der Waals surface area contributed by atoms with Crippen LogP contribution in [0.1, 0.15) is 38.2 Å². The van der Waals surface area contributed by atoms with E-state index < -0.39 is 0 Å². The van der Waals surface area contributed by atoms with Gasteiger partial charge in [0, 0.05) is 0 Å². The number of allylic oxidation sites excluding steroid dienone is 6. The molecule has 0 spiro atoms. The van der Waals surface area contributed by atoms with Crippen LogP contribution in [0.3, 0.4) is 0 Å². The van der Waals surface area contributed by atoms with Gasteiger partial charge in [0.25, 0.3) is 0 Å². The predicted molar refractivity (Wildman–Crippen MR) is 75.1 cm³/mol. The first-order valence-corrected chi connectivity index (χ1v) is 6.34. The molecule has 1 atom stereocenters. The zero-order valence-corrected chi connectivity index (χ0v) is 10.7. The maximum absolute atomic E-state index is 2.34. The third kappa shape index (κ3) is 3.45. The molecule has 0 unspecified atom stereocenters. The molecule has 0 saturated heterocycles. The lowest BCUT2D eigenvalue weighted by Crippen LogP contribution is -1.94. The summed E-state index contributed by atoms with van der Waals surface area (Å²) in [6.45, 7) is 4.47. The van der Waals surface area contributed by atoms with Crippen molar-refractivity contribution in [1.82, 2.24) is 0 Å². The summed E-state index contributed by atoms with van der Waals surface area (Å²) >= 11 is 0. The zero-order chi connectivity index (χ0) is 12.1. The fraction of sp³-hybridized carbons (Fsp3) is 0.294. The minimum atomic E-state index is 0.588. The van der Waals surface area contributed by atoms with E-state index in [0.717, 1.165) is 12.8 Å². The van der Waals surface area contributed by atoms with Gasteiger partial charge in [0.2, 0.25) is 0 Å². The van der Waals surface area contributed by atoms with Gasteiger partial charge in [0.1, 0.15) is 0 Å². The van der Waals surface area contributed by atoms with Gasteiger partial charge in [-0.2, -0.15) is 0 Å². The first kappa shape index (κ1) is 11.9. The molecule has 0 heteroatoms. The molecule has 0 aliphatic heterocycles. The molecule has 0 radical (unpaired) electrons. The summed E-state index contributed by atoms with van der Waals surface area (Å²) in [6.07, 6.45) is 11.3. The number of hydrogen-bond donors (Lipinski definition) is 0. The van der Waals surface area contributed by atoms with Crippen LogP contribution in [0.15, 0.2) is 65.8 Å². The van der Waals surface area contributed by atoms with Crippen molar-refractivity contribution in [2.24, 2.45) is 0 Å². The van der Waals surface area contributed by atoms with Crippen molar-refractivity contribution < 1.29 is 0 Å². The Kier molecular flexibility index (Phi) is 3.98. The fourth-order valence-electron chi connectivity index (χ4n) is 2.27. The summed E-state index contributed by atoms with van der Waals surface area (Å²) in [7, 11) is 0. The molecule has 2 rings (SSSR count). The second kappa shape index (κ2) is 5.67. The smallest absolute Gasteiger partial charge is 0.0150 e. The summed E-state index contributed by atoms with van der Waals surface area (Å²) < 4.78 is 0. The standard InChI is InChI=1S/C17H20/c1-14-8-6-7-9-16(12-14)13-15(2)17-10-4-3-5-11-17/h3-6,8-12,15H,7,13H2,1-2H3/t15-/m1/s1. The first-order chi connectivity index (χ1) is 8.25. The molecule has 88 valence electrons. The zero-order valence-electron chi connectivity index (χ0n) is 10.7. The molecule has 0 N–H and O–H groups in total. The van der Waals surface area contributed by atoms with E-state index in [4.69, 9.17) is 0 Å². The quantitative estimate of drug-likeness (QED) is 0.676. The molecule has 0 nitrogen and oxygen atoms in total. The first-order valence-electron chi connectivity index (χ1n) is 6.34. The van der Waals surface area contributed by atoms with E-state index in [-0.39, 0.29) is 0 Å². The summed E-state index contributed by atoms with van der Waals surface area (Å²) in [5, 5.41) is 0. The fourth-order valence-corrected chi connectivity index (χ4v) is 2.27. The maximum atomic E-state index is 2.34. The van der Waals surface area contributed by atoms with Gasteiger partial charge in [0.15, 0.2) is 0 Å². The van der Waals surface area contributed by atoms with Gasteiger partial charge < -0.3 is 0 Å². The van der Waals surface area contributed by atoms with Gasteiger partial charge in [-0.1, -0.05) is 72.7 Å². The lowest BCUT2D eigenvalue weighted by atomic mass is 9.93. The molecule has 0 bridgehead atoms. The van der Waals surface area contributed by atoms with Crippen LogP contribution in [0.25, 0.3) is 0 Å². The largest absolute Gasteiger partial charge is 0.0805 e. The number of benzene rings is 1. The molecular weight excluding hydrogens is 204 g/mol. The van der Waals surface area contributed by atoms with Crippen LogP contribution >= 0.6 is 0 Å². The van der Waals surface area contributed by atoms with Crippen molar-refractivity contribution >= 4 is 0 Å². The SMILES string of the molecule is CC1=CC(C[C@@H](C)c2ccccc2)=CCC=C1. The highest BCUT2D eigenvalue weighted by Gasteiger charge is 2.07. The number of hydrogen-bond acceptors (Lipinski definition) is 0. The molecule has 0 fully saturated rings. The van der Waals surface area contributed by atoms with E-state index in [0.29, 0.717) is 5.92 Å². The van der Waals surface area contributed by atoms with Crippen LogP contribution in [0, 0.1) is 0 Å². The Morgan fingerprint density at radius 2 is 1.94 bits per heavy atom. The summed E-state index contributed by atoms with van der Waals surface area (Å²) in [6, 6.07) is 10.8. The second-order valence-electron chi connectivity index (χ2n) is 4.82. The van der Waals surface area contributed by atoms with E-state index in [2.05, 4.69) is 68.5 Å². The van der Waals surface area contributed by atoms with Crippen LogP contribution < -0.4 is 0 Å². The van der Waals surface area contributed by atoms with Crippen molar-refractivity contribution in [2.45, 2.75) is 32.6 Å². The maximum Gasteiger partial charge on any atom is -0.0150 e. The van der Waals surface area contributed by atoms with Crippen LogP contribution in [0.2, 0.25) is 0 Å². The average Bonchev–Trinajstić information content (AvgIpc) is 2.55. The van der Waals surface area contributed by atoms with E-state index in [1.54, 1.807) is 0 Å². The third-order valence-electron chi connectivity index (χ3n) is 3.22. The summed E-state index contributed by atoms with van der Waals surface area (Å²) in [5.74, 6) is 0.588. The Bertz CT molecular complexity index is 446. The molecule has 0 amide bonds. The molecule has 1 aromatic carbocycles. The van der Waals surface area contributed by atoms with E-state index in [1.807, 2.05) is 0 Å². The Hall–Kier alpha value is -1.56. The molecule has 1 aliphatic rings. The highest BCUT2D eigenvalue weighted by atomic mass is 14.1. The highest BCUT2D eigenvalue weighted by molar-refractivity contribution is 5.34.